The predicted octanol–water partition coefficient (Wildman–Crippen LogP) is 3.61. The number of hydrogen-bond donors (Lipinski definition) is 2. The first kappa shape index (κ1) is 14.5. The maximum atomic E-state index is 12.2. The van der Waals surface area contributed by atoms with Gasteiger partial charge in [0.2, 0.25) is 0 Å². The number of carbonyl (C=O) groups is 1. The van der Waals surface area contributed by atoms with Gasteiger partial charge in [0.25, 0.3) is 5.91 Å². The molecule has 0 spiro atoms. The minimum atomic E-state index is -0.245. The van der Waals surface area contributed by atoms with Gasteiger partial charge in [0.05, 0.1) is 0 Å². The number of allylic oxidation sites excluding steroid dienone is 1. The molecule has 1 aromatic carbocycles. The summed E-state index contributed by atoms with van der Waals surface area (Å²) in [5.41, 5.74) is 7.83. The first-order valence-electron chi connectivity index (χ1n) is 6.01. The van der Waals surface area contributed by atoms with Crippen LogP contribution < -0.4 is 11.1 Å². The van der Waals surface area contributed by atoms with Crippen LogP contribution in [0.5, 0.6) is 0 Å². The molecule has 1 aromatic heterocycles. The molecule has 0 saturated heterocycles. The molecule has 0 radical (unpaired) electrons. The zero-order chi connectivity index (χ0) is 14.7. The van der Waals surface area contributed by atoms with Crippen molar-refractivity contribution in [1.29, 1.82) is 0 Å². The van der Waals surface area contributed by atoms with Gasteiger partial charge in [-0.3, -0.25) is 4.79 Å². The molecule has 0 fully saturated rings. The molecule has 1 heterocycles. The molecule has 0 aliphatic carbocycles. The minimum Gasteiger partial charge on any atom is -0.384 e. The van der Waals surface area contributed by atoms with E-state index in [9.17, 15) is 4.79 Å². The molecule has 6 heteroatoms. The van der Waals surface area contributed by atoms with Crippen LogP contribution in [-0.2, 0) is 6.54 Å². The molecule has 0 bridgehead atoms. The number of aryl methyl sites for hydroxylation is 1. The molecule has 0 aliphatic heterocycles. The molecule has 1 amide bonds. The molecule has 104 valence electrons. The average molecular weight is 305 g/mol. The van der Waals surface area contributed by atoms with Crippen molar-refractivity contribution < 1.29 is 4.79 Å². The highest BCUT2D eigenvalue weighted by atomic mass is 32.1. The second-order valence-electron chi connectivity index (χ2n) is 4.30. The van der Waals surface area contributed by atoms with Gasteiger partial charge in [-0.2, -0.15) is 0 Å². The van der Waals surface area contributed by atoms with Crippen LogP contribution >= 0.6 is 23.6 Å². The molecule has 20 heavy (non-hydrogen) atoms. The molecular formula is C14H15N3OS2. The average Bonchev–Trinajstić information content (AvgIpc) is 2.70. The number of nitrogens with one attached hydrogen (secondary N) is 1. The van der Waals surface area contributed by atoms with Crippen LogP contribution in [0.3, 0.4) is 0 Å². The van der Waals surface area contributed by atoms with Gasteiger partial charge in [0.1, 0.15) is 10.7 Å². The maximum Gasteiger partial charge on any atom is 0.269 e. The zero-order valence-electron chi connectivity index (χ0n) is 11.1. The van der Waals surface area contributed by atoms with Gasteiger partial charge in [-0.25, -0.2) is 0 Å². The number of thiazole rings is 1. The first-order chi connectivity index (χ1) is 9.52. The van der Waals surface area contributed by atoms with Gasteiger partial charge >= 0.3 is 0 Å². The van der Waals surface area contributed by atoms with Gasteiger partial charge in [-0.05, 0) is 31.3 Å². The van der Waals surface area contributed by atoms with E-state index in [1.807, 2.05) is 31.2 Å². The quantitative estimate of drug-likeness (QED) is 0.670. The van der Waals surface area contributed by atoms with Crippen molar-refractivity contribution in [2.45, 2.75) is 13.5 Å². The van der Waals surface area contributed by atoms with Crippen LogP contribution in [-0.4, -0.2) is 10.5 Å². The number of nitrogens with zero attached hydrogens (tertiary/aromatic N) is 1. The van der Waals surface area contributed by atoms with Crippen molar-refractivity contribution in [3.8, 4) is 0 Å². The van der Waals surface area contributed by atoms with Crippen LogP contribution in [0.15, 0.2) is 36.9 Å². The summed E-state index contributed by atoms with van der Waals surface area (Å²) in [5.74, 6) is 0.134. The Bertz CT molecular complexity index is 698. The van der Waals surface area contributed by atoms with Crippen LogP contribution in [0.2, 0.25) is 0 Å². The van der Waals surface area contributed by atoms with E-state index in [1.165, 1.54) is 11.3 Å². The summed E-state index contributed by atoms with van der Waals surface area (Å²) in [6.07, 6.45) is 1.69. The number of anilines is 2. The summed E-state index contributed by atoms with van der Waals surface area (Å²) in [6, 6.07) is 7.57. The van der Waals surface area contributed by atoms with E-state index >= 15 is 0 Å². The monoisotopic (exact) mass is 305 g/mol. The molecule has 0 aliphatic rings. The first-order valence-corrected chi connectivity index (χ1v) is 7.23. The number of nitrogens with two attached hydrogens (primary N) is 1. The number of hydrogen-bond acceptors (Lipinski definition) is 4. The van der Waals surface area contributed by atoms with Crippen molar-refractivity contribution in [2.24, 2.45) is 0 Å². The fraction of sp³-hybridized carbons (Fsp3) is 0.143. The second-order valence-corrected chi connectivity index (χ2v) is 5.95. The molecule has 2 rings (SSSR count). The number of carbonyl (C=O) groups excluding carboxylic acids is 1. The van der Waals surface area contributed by atoms with Gasteiger partial charge in [0.15, 0.2) is 3.95 Å². The topological polar surface area (TPSA) is 60.0 Å². The van der Waals surface area contributed by atoms with Gasteiger partial charge in [-0.15, -0.1) is 6.58 Å². The summed E-state index contributed by atoms with van der Waals surface area (Å²) in [4.78, 5) is 12.7. The van der Waals surface area contributed by atoms with Crippen molar-refractivity contribution in [3.63, 3.8) is 0 Å². The molecule has 0 saturated carbocycles. The SMILES string of the molecule is C=CCn1c(N)c(C(=O)Nc2ccc(C)cc2)sc1=S. The normalized spacial score (nSPS) is 10.2. The summed E-state index contributed by atoms with van der Waals surface area (Å²) >= 11 is 6.40. The van der Waals surface area contributed by atoms with Crippen LogP contribution in [0.4, 0.5) is 11.5 Å². The number of aromatic nitrogens is 1. The third-order valence-electron chi connectivity index (χ3n) is 2.76. The van der Waals surface area contributed by atoms with Crippen LogP contribution in [0.1, 0.15) is 15.2 Å². The Balaban J connectivity index is 2.25. The third-order valence-corrected chi connectivity index (χ3v) is 4.22. The van der Waals surface area contributed by atoms with E-state index in [2.05, 4.69) is 11.9 Å². The Morgan fingerprint density at radius 3 is 2.75 bits per heavy atom. The van der Waals surface area contributed by atoms with E-state index < -0.39 is 0 Å². The molecule has 0 atom stereocenters. The van der Waals surface area contributed by atoms with Crippen molar-refractivity contribution in [1.82, 2.24) is 4.57 Å². The van der Waals surface area contributed by atoms with E-state index in [0.717, 1.165) is 11.3 Å². The number of amides is 1. The molecule has 4 nitrogen and oxygen atoms in total. The summed E-state index contributed by atoms with van der Waals surface area (Å²) in [7, 11) is 0. The molecule has 3 N–H and O–H groups in total. The lowest BCUT2D eigenvalue weighted by atomic mass is 10.2. The van der Waals surface area contributed by atoms with E-state index in [4.69, 9.17) is 18.0 Å². The largest absolute Gasteiger partial charge is 0.384 e. The Kier molecular flexibility index (Phi) is 4.36. The van der Waals surface area contributed by atoms with Gasteiger partial charge in [0, 0.05) is 12.2 Å². The molecule has 2 aromatic rings. The Morgan fingerprint density at radius 1 is 1.50 bits per heavy atom. The Morgan fingerprint density at radius 2 is 2.15 bits per heavy atom. The number of rotatable bonds is 4. The summed E-state index contributed by atoms with van der Waals surface area (Å²) in [6.45, 7) is 6.14. The zero-order valence-corrected chi connectivity index (χ0v) is 12.7. The second kappa shape index (κ2) is 6.02. The van der Waals surface area contributed by atoms with Gasteiger partial charge in [-0.1, -0.05) is 35.1 Å². The predicted molar refractivity (Wildman–Crippen MR) is 86.9 cm³/mol. The van der Waals surface area contributed by atoms with Crippen molar-refractivity contribution >= 4 is 41.0 Å². The lowest BCUT2D eigenvalue weighted by molar-refractivity contribution is 0.103. The van der Waals surface area contributed by atoms with E-state index in [-0.39, 0.29) is 5.91 Å². The lowest BCUT2D eigenvalue weighted by Gasteiger charge is -2.05. The molecular weight excluding hydrogens is 290 g/mol. The Hall–Kier alpha value is -1.92. The number of benzene rings is 1. The van der Waals surface area contributed by atoms with Crippen molar-refractivity contribution in [3.05, 3.63) is 51.3 Å². The van der Waals surface area contributed by atoms with Crippen molar-refractivity contribution in [2.75, 3.05) is 11.1 Å². The van der Waals surface area contributed by atoms with Gasteiger partial charge < -0.3 is 15.6 Å². The smallest absolute Gasteiger partial charge is 0.269 e. The maximum absolute atomic E-state index is 12.2. The number of nitrogen functional groups attached to an aromatic ring is 1. The fourth-order valence-electron chi connectivity index (χ4n) is 1.71. The summed E-state index contributed by atoms with van der Waals surface area (Å²) < 4.78 is 2.26. The highest BCUT2D eigenvalue weighted by Crippen LogP contribution is 2.23. The lowest BCUT2D eigenvalue weighted by Crippen LogP contribution is -2.13. The molecule has 0 unspecified atom stereocenters. The van der Waals surface area contributed by atoms with E-state index in [0.29, 0.717) is 21.2 Å². The minimum absolute atomic E-state index is 0.245. The standard InChI is InChI=1S/C14H15N3OS2/c1-3-8-17-12(15)11(20-14(17)19)13(18)16-10-6-4-9(2)5-7-10/h3-7H,1,8,15H2,2H3,(H,16,18). The highest BCUT2D eigenvalue weighted by Gasteiger charge is 2.16. The van der Waals surface area contributed by atoms with Crippen LogP contribution in [0, 0.1) is 10.9 Å². The third kappa shape index (κ3) is 2.97. The highest BCUT2D eigenvalue weighted by molar-refractivity contribution is 7.73. The fourth-order valence-corrected chi connectivity index (χ4v) is 2.94. The Labute approximate surface area is 126 Å². The summed E-state index contributed by atoms with van der Waals surface area (Å²) in [5, 5.41) is 2.81. The van der Waals surface area contributed by atoms with E-state index in [1.54, 1.807) is 10.6 Å². The van der Waals surface area contributed by atoms with Crippen LogP contribution in [0.25, 0.3) is 0 Å².